The van der Waals surface area contributed by atoms with Crippen molar-refractivity contribution < 1.29 is 12.9 Å². The largest absolute Gasteiger partial charge is 0.750 e. The van der Waals surface area contributed by atoms with Crippen molar-refractivity contribution in [2.24, 2.45) is 0 Å². The molecule has 0 aromatic heterocycles. The van der Waals surface area contributed by atoms with Gasteiger partial charge in [-0.2, -0.15) is 0 Å². The van der Waals surface area contributed by atoms with E-state index in [1.54, 1.807) is 0 Å². The van der Waals surface area contributed by atoms with Crippen LogP contribution in [0.5, 0.6) is 0 Å². The van der Waals surface area contributed by atoms with Crippen LogP contribution in [-0.4, -0.2) is 8.76 Å². The molecule has 0 aliphatic rings. The first-order valence-corrected chi connectivity index (χ1v) is 5.72. The normalized spacial score (nSPS) is 13.9. The second-order valence-corrected chi connectivity index (χ2v) is 5.02. The molecule has 1 atom stereocenters. The summed E-state index contributed by atoms with van der Waals surface area (Å²) in [4.78, 5) is 0. The van der Waals surface area contributed by atoms with Crippen molar-refractivity contribution in [1.82, 2.24) is 0 Å². The zero-order valence-electron chi connectivity index (χ0n) is 9.15. The molecule has 15 heavy (non-hydrogen) atoms. The first kappa shape index (κ1) is 12.4. The number of hydrogen-bond acceptors (Lipinski definition) is 3. The number of rotatable bonds is 3. The van der Waals surface area contributed by atoms with Gasteiger partial charge >= 0.3 is 0 Å². The van der Waals surface area contributed by atoms with Crippen molar-refractivity contribution in [3.63, 3.8) is 0 Å². The third-order valence-electron chi connectivity index (χ3n) is 2.14. The molecule has 4 heteroatoms. The summed E-state index contributed by atoms with van der Waals surface area (Å²) in [5.41, 5.74) is 2.01. The average Bonchev–Trinajstić information content (AvgIpc) is 2.13. The van der Waals surface area contributed by atoms with E-state index in [-0.39, 0.29) is 12.0 Å². The van der Waals surface area contributed by atoms with Crippen LogP contribution in [0.15, 0.2) is 24.3 Å². The Bertz CT molecular complexity index is 355. The quantitative estimate of drug-likeness (QED) is 0.744. The van der Waals surface area contributed by atoms with Crippen LogP contribution < -0.4 is 0 Å². The van der Waals surface area contributed by atoms with E-state index in [0.717, 1.165) is 11.1 Å². The second kappa shape index (κ2) is 4.88. The Morgan fingerprint density at radius 2 is 1.93 bits per heavy atom. The van der Waals surface area contributed by atoms with Crippen LogP contribution >= 0.6 is 0 Å². The van der Waals surface area contributed by atoms with E-state index in [1.165, 1.54) is 0 Å². The van der Waals surface area contributed by atoms with Gasteiger partial charge in [-0.05, 0) is 16.5 Å². The molecule has 0 saturated carbocycles. The average molecular weight is 227 g/mol. The highest BCUT2D eigenvalue weighted by Gasteiger charge is 2.17. The first-order chi connectivity index (χ1) is 6.91. The first-order valence-electron chi connectivity index (χ1n) is 4.72. The van der Waals surface area contributed by atoms with Crippen LogP contribution in [0.1, 0.15) is 31.9 Å². The van der Waals surface area contributed by atoms with Crippen LogP contribution in [0.2, 0.25) is 0 Å². The topological polar surface area (TPSA) is 49.4 Å². The van der Waals surface area contributed by atoms with Crippen LogP contribution in [0, 0.1) is 0 Å². The summed E-state index contributed by atoms with van der Waals surface area (Å²) in [5.74, 6) is 0. The van der Waals surface area contributed by atoms with E-state index in [4.69, 9.17) is 0 Å². The number of hydrogen-bond donors (Lipinski definition) is 0. The van der Waals surface area contributed by atoms with Crippen LogP contribution in [0.4, 0.5) is 0 Å². The van der Waals surface area contributed by atoms with Gasteiger partial charge in [-0.15, -0.1) is 0 Å². The van der Waals surface area contributed by atoms with Crippen molar-refractivity contribution >= 4 is 11.4 Å². The summed E-state index contributed by atoms with van der Waals surface area (Å²) in [6.07, 6.45) is 0. The molecule has 0 spiro atoms. The summed E-state index contributed by atoms with van der Waals surface area (Å²) < 4.78 is 25.2. The van der Waals surface area contributed by atoms with Gasteiger partial charge in [0.1, 0.15) is 0 Å². The van der Waals surface area contributed by atoms with Crippen molar-refractivity contribution in [3.8, 4) is 0 Å². The molecule has 0 heterocycles. The molecule has 0 bridgehead atoms. The Morgan fingerprint density at radius 1 is 1.33 bits per heavy atom. The zero-order chi connectivity index (χ0) is 11.5. The zero-order valence-corrected chi connectivity index (χ0v) is 9.97. The molecule has 3 nitrogen and oxygen atoms in total. The molecule has 1 rings (SSSR count). The predicted molar refractivity (Wildman–Crippen MR) is 58.9 cm³/mol. The summed E-state index contributed by atoms with van der Waals surface area (Å²) in [7, 11) is 0. The third-order valence-corrected chi connectivity index (χ3v) is 2.45. The molecule has 1 aromatic rings. The van der Waals surface area contributed by atoms with Crippen LogP contribution in [0.25, 0.3) is 0 Å². The maximum absolute atomic E-state index is 10.3. The second-order valence-electron chi connectivity index (χ2n) is 4.37. The molecule has 0 aliphatic carbocycles. The van der Waals surface area contributed by atoms with Gasteiger partial charge in [0.15, 0.2) is 0 Å². The standard InChI is InChI=1S/C11H16O3S/c1-11(2,3)10-7-5-4-6-9(10)8-14-15(12)13/h4-7H,8H2,1-3H3,(H,12,13)/p-1. The van der Waals surface area contributed by atoms with Gasteiger partial charge in [-0.1, -0.05) is 45.0 Å². The van der Waals surface area contributed by atoms with Gasteiger partial charge in [0.05, 0.1) is 18.0 Å². The SMILES string of the molecule is CC(C)(C)c1ccccc1COS(=O)[O-]. The lowest BCUT2D eigenvalue weighted by atomic mass is 9.84. The summed E-state index contributed by atoms with van der Waals surface area (Å²) in [6, 6.07) is 7.69. The minimum Gasteiger partial charge on any atom is -0.750 e. The van der Waals surface area contributed by atoms with Crippen LogP contribution in [-0.2, 0) is 27.6 Å². The minimum absolute atomic E-state index is 0.00959. The molecule has 84 valence electrons. The van der Waals surface area contributed by atoms with Gasteiger partial charge in [0.25, 0.3) is 0 Å². The maximum atomic E-state index is 10.3. The fourth-order valence-electron chi connectivity index (χ4n) is 1.49. The fraction of sp³-hybridized carbons (Fsp3) is 0.455. The number of benzene rings is 1. The summed E-state index contributed by atoms with van der Waals surface area (Å²) in [6.45, 7) is 6.35. The lowest BCUT2D eigenvalue weighted by Crippen LogP contribution is -2.14. The Balaban J connectivity index is 2.92. The smallest absolute Gasteiger partial charge is 0.0882 e. The van der Waals surface area contributed by atoms with E-state index >= 15 is 0 Å². The molecule has 0 amide bonds. The highest BCUT2D eigenvalue weighted by molar-refractivity contribution is 7.74. The lowest BCUT2D eigenvalue weighted by molar-refractivity contribution is 0.288. The lowest BCUT2D eigenvalue weighted by Gasteiger charge is -2.22. The van der Waals surface area contributed by atoms with Crippen molar-refractivity contribution in [1.29, 1.82) is 0 Å². The maximum Gasteiger partial charge on any atom is 0.0882 e. The van der Waals surface area contributed by atoms with Gasteiger partial charge in [0, 0.05) is 0 Å². The van der Waals surface area contributed by atoms with Gasteiger partial charge < -0.3 is 4.55 Å². The van der Waals surface area contributed by atoms with Crippen LogP contribution in [0.3, 0.4) is 0 Å². The molecule has 1 aromatic carbocycles. The third kappa shape index (κ3) is 3.74. The molecule has 0 aliphatic heterocycles. The van der Waals surface area contributed by atoms with Gasteiger partial charge in [0.2, 0.25) is 0 Å². The fourth-order valence-corrected chi connectivity index (χ4v) is 1.71. The summed E-state index contributed by atoms with van der Waals surface area (Å²) >= 11 is -2.45. The highest BCUT2D eigenvalue weighted by atomic mass is 32.2. The van der Waals surface area contributed by atoms with E-state index in [1.807, 2.05) is 24.3 Å². The van der Waals surface area contributed by atoms with E-state index in [0.29, 0.717) is 0 Å². The monoisotopic (exact) mass is 227 g/mol. The Hall–Kier alpha value is -0.710. The van der Waals surface area contributed by atoms with Crippen molar-refractivity contribution in [2.45, 2.75) is 32.8 Å². The molecule has 1 unspecified atom stereocenters. The van der Waals surface area contributed by atoms with E-state index < -0.39 is 11.4 Å². The Labute approximate surface area is 93.0 Å². The van der Waals surface area contributed by atoms with Gasteiger partial charge in [-0.3, -0.25) is 4.18 Å². The van der Waals surface area contributed by atoms with Gasteiger partial charge in [-0.25, -0.2) is 4.21 Å². The van der Waals surface area contributed by atoms with Crippen molar-refractivity contribution in [3.05, 3.63) is 35.4 Å². The molecule has 0 fully saturated rings. The Kier molecular flexibility index (Phi) is 4.02. The summed E-state index contributed by atoms with van der Waals surface area (Å²) in [5, 5.41) is 0. The minimum atomic E-state index is -2.45. The van der Waals surface area contributed by atoms with Crippen molar-refractivity contribution in [2.75, 3.05) is 0 Å². The molecular formula is C11H15O3S-. The molecular weight excluding hydrogens is 212 g/mol. The molecule has 0 saturated heterocycles. The highest BCUT2D eigenvalue weighted by Crippen LogP contribution is 2.26. The molecule has 0 N–H and O–H groups in total. The molecule has 0 radical (unpaired) electrons. The Morgan fingerprint density at radius 3 is 2.47 bits per heavy atom. The van der Waals surface area contributed by atoms with E-state index in [2.05, 4.69) is 25.0 Å². The predicted octanol–water partition coefficient (Wildman–Crippen LogP) is 2.29. The van der Waals surface area contributed by atoms with E-state index in [9.17, 15) is 8.76 Å².